The van der Waals surface area contributed by atoms with Gasteiger partial charge in [-0.25, -0.2) is 14.4 Å². The number of carboxylic acids is 1. The van der Waals surface area contributed by atoms with Gasteiger partial charge in [0.05, 0.1) is 0 Å². The molecule has 0 saturated carbocycles. The summed E-state index contributed by atoms with van der Waals surface area (Å²) in [6.45, 7) is 7.39. The van der Waals surface area contributed by atoms with Gasteiger partial charge in [0.25, 0.3) is 0 Å². The number of nitrogens with zero attached hydrogens (tertiary/aromatic N) is 1. The molecular formula is C21H30N2O6. The van der Waals surface area contributed by atoms with Crippen LogP contribution in [-0.2, 0) is 25.7 Å². The average Bonchev–Trinajstić information content (AvgIpc) is 2.65. The van der Waals surface area contributed by atoms with E-state index < -0.39 is 34.6 Å². The lowest BCUT2D eigenvalue weighted by Crippen LogP contribution is -2.68. The molecule has 1 aliphatic rings. The first-order chi connectivity index (χ1) is 13.4. The van der Waals surface area contributed by atoms with Gasteiger partial charge in [-0.2, -0.15) is 0 Å². The van der Waals surface area contributed by atoms with Crippen LogP contribution in [0.3, 0.4) is 0 Å². The van der Waals surface area contributed by atoms with Crippen molar-refractivity contribution in [3.63, 3.8) is 0 Å². The SMILES string of the molecule is CC(C)(C)OC(=O)N1CCC(C)(C(N)(C(=O)O)C(=O)OCc2ccccc2)CC1. The number of carboxylic acid groups (broad SMARTS) is 1. The fourth-order valence-electron chi connectivity index (χ4n) is 3.33. The summed E-state index contributed by atoms with van der Waals surface area (Å²) in [7, 11) is 0. The van der Waals surface area contributed by atoms with Gasteiger partial charge in [0, 0.05) is 18.5 Å². The fraction of sp³-hybridized carbons (Fsp3) is 0.571. The summed E-state index contributed by atoms with van der Waals surface area (Å²) in [4.78, 5) is 38.6. The number of esters is 1. The first-order valence-corrected chi connectivity index (χ1v) is 9.60. The van der Waals surface area contributed by atoms with Crippen LogP contribution < -0.4 is 5.73 Å². The molecule has 1 unspecified atom stereocenters. The van der Waals surface area contributed by atoms with Crippen LogP contribution in [0, 0.1) is 5.41 Å². The highest BCUT2D eigenvalue weighted by Gasteiger charge is 2.59. The van der Waals surface area contributed by atoms with Crippen molar-refractivity contribution >= 4 is 18.0 Å². The van der Waals surface area contributed by atoms with Gasteiger partial charge in [0.1, 0.15) is 12.2 Å². The van der Waals surface area contributed by atoms with Crippen molar-refractivity contribution in [2.45, 2.75) is 58.3 Å². The number of rotatable bonds is 5. The van der Waals surface area contributed by atoms with Gasteiger partial charge in [0.15, 0.2) is 0 Å². The summed E-state index contributed by atoms with van der Waals surface area (Å²) >= 11 is 0. The minimum Gasteiger partial charge on any atom is -0.479 e. The van der Waals surface area contributed by atoms with E-state index in [1.54, 1.807) is 52.0 Å². The summed E-state index contributed by atoms with van der Waals surface area (Å²) in [6, 6.07) is 8.96. The molecule has 8 heteroatoms. The molecule has 0 radical (unpaired) electrons. The van der Waals surface area contributed by atoms with Gasteiger partial charge in [-0.15, -0.1) is 0 Å². The molecule has 1 atom stereocenters. The highest BCUT2D eigenvalue weighted by molar-refractivity contribution is 6.05. The number of ether oxygens (including phenoxy) is 2. The molecule has 0 aromatic heterocycles. The number of hydrogen-bond donors (Lipinski definition) is 2. The number of nitrogens with two attached hydrogens (primary N) is 1. The van der Waals surface area contributed by atoms with E-state index >= 15 is 0 Å². The summed E-state index contributed by atoms with van der Waals surface area (Å²) in [6.07, 6.45) is -0.00513. The summed E-state index contributed by atoms with van der Waals surface area (Å²) in [5, 5.41) is 9.81. The Balaban J connectivity index is 2.10. The molecule has 1 amide bonds. The van der Waals surface area contributed by atoms with E-state index in [9.17, 15) is 19.5 Å². The van der Waals surface area contributed by atoms with Crippen LogP contribution >= 0.6 is 0 Å². The van der Waals surface area contributed by atoms with E-state index in [1.807, 2.05) is 6.07 Å². The molecule has 8 nitrogen and oxygen atoms in total. The molecule has 1 aromatic rings. The normalized spacial score (nSPS) is 18.4. The maximum Gasteiger partial charge on any atom is 0.410 e. The summed E-state index contributed by atoms with van der Waals surface area (Å²) < 4.78 is 10.6. The Morgan fingerprint density at radius 1 is 1.14 bits per heavy atom. The van der Waals surface area contributed by atoms with Crippen molar-refractivity contribution in [3.05, 3.63) is 35.9 Å². The van der Waals surface area contributed by atoms with Crippen LogP contribution in [0.4, 0.5) is 4.79 Å². The Hall–Kier alpha value is -2.61. The summed E-state index contributed by atoms with van der Waals surface area (Å²) in [5.41, 5.74) is 2.98. The molecular weight excluding hydrogens is 376 g/mol. The predicted octanol–water partition coefficient (Wildman–Crippen LogP) is 2.55. The van der Waals surface area contributed by atoms with Crippen LogP contribution in [0.25, 0.3) is 0 Å². The second-order valence-corrected chi connectivity index (χ2v) is 8.70. The molecule has 29 heavy (non-hydrogen) atoms. The van der Waals surface area contributed by atoms with E-state index in [0.29, 0.717) is 0 Å². The third-order valence-electron chi connectivity index (χ3n) is 5.34. The van der Waals surface area contributed by atoms with Gasteiger partial charge in [-0.3, -0.25) is 0 Å². The average molecular weight is 406 g/mol. The topological polar surface area (TPSA) is 119 Å². The van der Waals surface area contributed by atoms with Crippen LogP contribution in [0.5, 0.6) is 0 Å². The van der Waals surface area contributed by atoms with Crippen molar-refractivity contribution in [2.24, 2.45) is 11.1 Å². The third kappa shape index (κ3) is 5.06. The number of hydrogen-bond acceptors (Lipinski definition) is 6. The van der Waals surface area contributed by atoms with Gasteiger partial charge < -0.3 is 25.2 Å². The van der Waals surface area contributed by atoms with Crippen molar-refractivity contribution in [1.82, 2.24) is 4.90 Å². The number of piperidine rings is 1. The number of benzene rings is 1. The van der Waals surface area contributed by atoms with E-state index in [4.69, 9.17) is 15.2 Å². The second kappa shape index (κ2) is 8.41. The van der Waals surface area contributed by atoms with Crippen LogP contribution in [-0.4, -0.2) is 52.3 Å². The third-order valence-corrected chi connectivity index (χ3v) is 5.34. The Bertz CT molecular complexity index is 750. The van der Waals surface area contributed by atoms with E-state index in [-0.39, 0.29) is 32.5 Å². The molecule has 160 valence electrons. The minimum absolute atomic E-state index is 0.0635. The quantitative estimate of drug-likeness (QED) is 0.570. The van der Waals surface area contributed by atoms with Crippen LogP contribution in [0.2, 0.25) is 0 Å². The van der Waals surface area contributed by atoms with Crippen LogP contribution in [0.1, 0.15) is 46.1 Å². The molecule has 0 aliphatic carbocycles. The van der Waals surface area contributed by atoms with Crippen molar-refractivity contribution in [2.75, 3.05) is 13.1 Å². The zero-order valence-corrected chi connectivity index (χ0v) is 17.4. The van der Waals surface area contributed by atoms with E-state index in [0.717, 1.165) is 5.56 Å². The first kappa shape index (κ1) is 22.7. The van der Waals surface area contributed by atoms with E-state index in [2.05, 4.69) is 0 Å². The number of likely N-dealkylation sites (tertiary alicyclic amines) is 1. The lowest BCUT2D eigenvalue weighted by Gasteiger charge is -2.46. The maximum absolute atomic E-state index is 12.8. The zero-order chi connectivity index (χ0) is 21.9. The highest BCUT2D eigenvalue weighted by atomic mass is 16.6. The largest absolute Gasteiger partial charge is 0.479 e. The molecule has 1 heterocycles. The number of carbonyl (C=O) groups is 3. The predicted molar refractivity (Wildman–Crippen MR) is 106 cm³/mol. The van der Waals surface area contributed by atoms with Crippen molar-refractivity contribution in [1.29, 1.82) is 0 Å². The highest BCUT2D eigenvalue weighted by Crippen LogP contribution is 2.41. The first-order valence-electron chi connectivity index (χ1n) is 9.60. The second-order valence-electron chi connectivity index (χ2n) is 8.70. The monoisotopic (exact) mass is 406 g/mol. The van der Waals surface area contributed by atoms with Crippen molar-refractivity contribution < 1.29 is 29.0 Å². The Morgan fingerprint density at radius 3 is 2.17 bits per heavy atom. The molecule has 2 rings (SSSR count). The summed E-state index contributed by atoms with van der Waals surface area (Å²) in [5.74, 6) is -2.43. The molecule has 1 aromatic carbocycles. The molecule has 1 fully saturated rings. The fourth-order valence-corrected chi connectivity index (χ4v) is 3.33. The van der Waals surface area contributed by atoms with Gasteiger partial charge >= 0.3 is 18.0 Å². The van der Waals surface area contributed by atoms with E-state index in [1.165, 1.54) is 4.90 Å². The number of aliphatic carboxylic acids is 1. The smallest absolute Gasteiger partial charge is 0.410 e. The van der Waals surface area contributed by atoms with Gasteiger partial charge in [-0.05, 0) is 39.2 Å². The number of carbonyl (C=O) groups excluding carboxylic acids is 2. The molecule has 0 bridgehead atoms. The van der Waals surface area contributed by atoms with Gasteiger partial charge in [0.2, 0.25) is 5.54 Å². The Morgan fingerprint density at radius 2 is 1.69 bits per heavy atom. The Kier molecular flexibility index (Phi) is 6.57. The van der Waals surface area contributed by atoms with Crippen molar-refractivity contribution in [3.8, 4) is 0 Å². The Labute approximate surface area is 171 Å². The molecule has 1 saturated heterocycles. The number of amides is 1. The standard InChI is InChI=1S/C21H30N2O6/c1-19(2,3)29-18(27)23-12-10-20(4,11-13-23)21(22,16(24)25)17(26)28-14-15-8-6-5-7-9-15/h5-9H,10-14,22H2,1-4H3,(H,24,25). The van der Waals surface area contributed by atoms with Gasteiger partial charge in [-0.1, -0.05) is 37.3 Å². The lowest BCUT2D eigenvalue weighted by molar-refractivity contribution is -0.171. The zero-order valence-electron chi connectivity index (χ0n) is 17.4. The molecule has 0 spiro atoms. The maximum atomic E-state index is 12.8. The minimum atomic E-state index is -2.22. The molecule has 1 aliphatic heterocycles. The molecule has 3 N–H and O–H groups in total. The van der Waals surface area contributed by atoms with Crippen LogP contribution in [0.15, 0.2) is 30.3 Å². The lowest BCUT2D eigenvalue weighted by atomic mass is 9.65.